The van der Waals surface area contributed by atoms with E-state index in [0.717, 1.165) is 19.3 Å². The molecule has 0 bridgehead atoms. The largest absolute Gasteiger partial charge is 0.487 e. The molecule has 5 nitrogen and oxygen atoms in total. The normalized spacial score (nSPS) is 10.1. The predicted molar refractivity (Wildman–Crippen MR) is 61.5 cm³/mol. The lowest BCUT2D eigenvalue weighted by Crippen LogP contribution is -2.02. The highest BCUT2D eigenvalue weighted by Gasteiger charge is 2.12. The predicted octanol–water partition coefficient (Wildman–Crippen LogP) is 2.10. The second-order valence-electron chi connectivity index (χ2n) is 3.42. The zero-order valence-corrected chi connectivity index (χ0v) is 9.09. The number of ether oxygens (including phenoxy) is 1. The van der Waals surface area contributed by atoms with Crippen molar-refractivity contribution in [3.05, 3.63) is 34.4 Å². The van der Waals surface area contributed by atoms with Crippen molar-refractivity contribution in [3.8, 4) is 5.75 Å². The van der Waals surface area contributed by atoms with E-state index < -0.39 is 4.92 Å². The van der Waals surface area contributed by atoms with Gasteiger partial charge in [0.25, 0.3) is 0 Å². The Kier molecular flexibility index (Phi) is 5.28. The van der Waals surface area contributed by atoms with Gasteiger partial charge in [-0.1, -0.05) is 12.1 Å². The molecule has 0 aliphatic heterocycles. The molecule has 0 fully saturated rings. The third-order valence-electron chi connectivity index (χ3n) is 2.17. The van der Waals surface area contributed by atoms with E-state index in [0.29, 0.717) is 18.9 Å². The van der Waals surface area contributed by atoms with Gasteiger partial charge < -0.3 is 10.5 Å². The lowest BCUT2D eigenvalue weighted by Gasteiger charge is -2.05. The molecule has 0 aliphatic carbocycles. The van der Waals surface area contributed by atoms with Crippen molar-refractivity contribution in [1.82, 2.24) is 0 Å². The first-order valence-corrected chi connectivity index (χ1v) is 5.32. The Labute approximate surface area is 94.4 Å². The zero-order chi connectivity index (χ0) is 11.8. The van der Waals surface area contributed by atoms with Crippen LogP contribution in [0.4, 0.5) is 5.69 Å². The molecule has 0 saturated carbocycles. The maximum absolute atomic E-state index is 10.7. The van der Waals surface area contributed by atoms with Crippen LogP contribution in [0.25, 0.3) is 0 Å². The van der Waals surface area contributed by atoms with E-state index in [9.17, 15) is 10.1 Å². The van der Waals surface area contributed by atoms with E-state index in [1.807, 2.05) is 0 Å². The van der Waals surface area contributed by atoms with Gasteiger partial charge in [-0.2, -0.15) is 0 Å². The molecule has 0 amide bonds. The smallest absolute Gasteiger partial charge is 0.310 e. The SMILES string of the molecule is NCCCCCOc1ccccc1[N+](=O)[O-]. The molecule has 5 heteroatoms. The fourth-order valence-corrected chi connectivity index (χ4v) is 1.34. The molecule has 1 aromatic rings. The van der Waals surface area contributed by atoms with Crippen LogP contribution in [0.15, 0.2) is 24.3 Å². The molecule has 0 atom stereocenters. The molecular formula is C11H16N2O3. The minimum absolute atomic E-state index is 0.0151. The summed E-state index contributed by atoms with van der Waals surface area (Å²) in [5.41, 5.74) is 5.37. The van der Waals surface area contributed by atoms with E-state index in [1.54, 1.807) is 18.2 Å². The van der Waals surface area contributed by atoms with Crippen molar-refractivity contribution < 1.29 is 9.66 Å². The van der Waals surface area contributed by atoms with E-state index in [4.69, 9.17) is 10.5 Å². The maximum atomic E-state index is 10.7. The van der Waals surface area contributed by atoms with Crippen LogP contribution in [0, 0.1) is 10.1 Å². The topological polar surface area (TPSA) is 78.4 Å². The molecule has 16 heavy (non-hydrogen) atoms. The molecule has 0 aliphatic rings. The van der Waals surface area contributed by atoms with Crippen molar-refractivity contribution in [3.63, 3.8) is 0 Å². The van der Waals surface area contributed by atoms with Gasteiger partial charge in [-0.05, 0) is 31.9 Å². The van der Waals surface area contributed by atoms with Crippen LogP contribution in [-0.4, -0.2) is 18.1 Å². The van der Waals surface area contributed by atoms with E-state index in [2.05, 4.69) is 0 Å². The van der Waals surface area contributed by atoms with Crippen molar-refractivity contribution in [2.45, 2.75) is 19.3 Å². The lowest BCUT2D eigenvalue weighted by molar-refractivity contribution is -0.385. The second-order valence-corrected chi connectivity index (χ2v) is 3.42. The molecule has 0 heterocycles. The average Bonchev–Trinajstić information content (AvgIpc) is 2.29. The summed E-state index contributed by atoms with van der Waals surface area (Å²) in [5.74, 6) is 0.334. The first-order chi connectivity index (χ1) is 7.75. The average molecular weight is 224 g/mol. The summed E-state index contributed by atoms with van der Waals surface area (Å²) < 4.78 is 5.36. The quantitative estimate of drug-likeness (QED) is 0.437. The van der Waals surface area contributed by atoms with Gasteiger partial charge in [0.2, 0.25) is 0 Å². The number of benzene rings is 1. The van der Waals surface area contributed by atoms with E-state index >= 15 is 0 Å². The number of rotatable bonds is 7. The Balaban J connectivity index is 2.44. The van der Waals surface area contributed by atoms with Gasteiger partial charge >= 0.3 is 5.69 Å². The second kappa shape index (κ2) is 6.79. The molecule has 1 rings (SSSR count). The van der Waals surface area contributed by atoms with Gasteiger partial charge in [-0.25, -0.2) is 0 Å². The minimum atomic E-state index is -0.435. The Morgan fingerprint density at radius 3 is 2.69 bits per heavy atom. The molecule has 0 aromatic heterocycles. The summed E-state index contributed by atoms with van der Waals surface area (Å²) >= 11 is 0. The highest BCUT2D eigenvalue weighted by Crippen LogP contribution is 2.25. The lowest BCUT2D eigenvalue weighted by atomic mass is 10.2. The van der Waals surface area contributed by atoms with Crippen LogP contribution in [0.5, 0.6) is 5.75 Å². The zero-order valence-electron chi connectivity index (χ0n) is 9.09. The number of hydrogen-bond donors (Lipinski definition) is 1. The summed E-state index contributed by atoms with van der Waals surface area (Å²) in [7, 11) is 0. The highest BCUT2D eigenvalue weighted by atomic mass is 16.6. The summed E-state index contributed by atoms with van der Waals surface area (Å²) in [6, 6.07) is 6.40. The first-order valence-electron chi connectivity index (χ1n) is 5.32. The molecule has 2 N–H and O–H groups in total. The van der Waals surface area contributed by atoms with E-state index in [-0.39, 0.29) is 5.69 Å². The van der Waals surface area contributed by atoms with Crippen LogP contribution in [-0.2, 0) is 0 Å². The summed E-state index contributed by atoms with van der Waals surface area (Å²) in [6.45, 7) is 1.16. The third-order valence-corrected chi connectivity index (χ3v) is 2.17. The number of para-hydroxylation sites is 2. The highest BCUT2D eigenvalue weighted by molar-refractivity contribution is 5.45. The van der Waals surface area contributed by atoms with Crippen molar-refractivity contribution >= 4 is 5.69 Å². The third kappa shape index (κ3) is 3.86. The molecular weight excluding hydrogens is 208 g/mol. The van der Waals surface area contributed by atoms with Gasteiger partial charge in [0.1, 0.15) is 0 Å². The summed E-state index contributed by atoms with van der Waals surface area (Å²) in [6.07, 6.45) is 2.81. The van der Waals surface area contributed by atoms with Gasteiger partial charge in [-0.15, -0.1) is 0 Å². The number of hydrogen-bond acceptors (Lipinski definition) is 4. The molecule has 0 spiro atoms. The van der Waals surface area contributed by atoms with Crippen molar-refractivity contribution in [1.29, 1.82) is 0 Å². The molecule has 88 valence electrons. The fraction of sp³-hybridized carbons (Fsp3) is 0.455. The number of nitrogens with zero attached hydrogens (tertiary/aromatic N) is 1. The fourth-order valence-electron chi connectivity index (χ4n) is 1.34. The van der Waals surface area contributed by atoms with Crippen molar-refractivity contribution in [2.75, 3.05) is 13.2 Å². The maximum Gasteiger partial charge on any atom is 0.310 e. The van der Waals surface area contributed by atoms with Gasteiger partial charge in [0.05, 0.1) is 11.5 Å². The Morgan fingerprint density at radius 2 is 2.00 bits per heavy atom. The number of nitro benzene ring substituents is 1. The minimum Gasteiger partial charge on any atom is -0.487 e. The number of nitro groups is 1. The van der Waals surface area contributed by atoms with E-state index in [1.165, 1.54) is 6.07 Å². The standard InChI is InChI=1S/C11H16N2O3/c12-8-4-1-5-9-16-11-7-3-2-6-10(11)13(14)15/h2-3,6-7H,1,4-5,8-9,12H2. The molecule has 0 unspecified atom stereocenters. The van der Waals surface area contributed by atoms with Crippen LogP contribution in [0.3, 0.4) is 0 Å². The number of nitrogens with two attached hydrogens (primary N) is 1. The van der Waals surface area contributed by atoms with Crippen LogP contribution < -0.4 is 10.5 Å². The molecule has 1 aromatic carbocycles. The monoisotopic (exact) mass is 224 g/mol. The van der Waals surface area contributed by atoms with Crippen LogP contribution >= 0.6 is 0 Å². The first kappa shape index (κ1) is 12.4. The molecule has 0 radical (unpaired) electrons. The Morgan fingerprint density at radius 1 is 1.25 bits per heavy atom. The molecule has 0 saturated heterocycles. The van der Waals surface area contributed by atoms with Gasteiger partial charge in [0.15, 0.2) is 5.75 Å². The van der Waals surface area contributed by atoms with Gasteiger partial charge in [-0.3, -0.25) is 10.1 Å². The van der Waals surface area contributed by atoms with Crippen LogP contribution in [0.1, 0.15) is 19.3 Å². The number of unbranched alkanes of at least 4 members (excludes halogenated alkanes) is 2. The van der Waals surface area contributed by atoms with Crippen LogP contribution in [0.2, 0.25) is 0 Å². The van der Waals surface area contributed by atoms with Gasteiger partial charge in [0, 0.05) is 6.07 Å². The summed E-state index contributed by atoms with van der Waals surface area (Å²) in [5, 5.41) is 10.7. The summed E-state index contributed by atoms with van der Waals surface area (Å²) in [4.78, 5) is 10.2. The Hall–Kier alpha value is -1.62. The Bertz CT molecular complexity index is 342. The van der Waals surface area contributed by atoms with Crippen molar-refractivity contribution in [2.24, 2.45) is 5.73 Å².